The third-order valence-electron chi connectivity index (χ3n) is 5.65. The molecule has 0 saturated carbocycles. The van der Waals surface area contributed by atoms with Gasteiger partial charge in [-0.25, -0.2) is 14.4 Å². The summed E-state index contributed by atoms with van der Waals surface area (Å²) in [5.74, 6) is 1.73. The number of nitrogens with one attached hydrogen (secondary N) is 2. The van der Waals surface area contributed by atoms with Crippen LogP contribution in [0.3, 0.4) is 0 Å². The zero-order valence-electron chi connectivity index (χ0n) is 18.1. The van der Waals surface area contributed by atoms with Gasteiger partial charge >= 0.3 is 0 Å². The Labute approximate surface area is 194 Å². The molecule has 0 saturated heterocycles. The zero-order chi connectivity index (χ0) is 23.1. The van der Waals surface area contributed by atoms with Crippen molar-refractivity contribution in [2.75, 3.05) is 11.9 Å². The monoisotopic (exact) mass is 457 g/mol. The van der Waals surface area contributed by atoms with Crippen molar-refractivity contribution in [1.29, 1.82) is 0 Å². The Hall–Kier alpha value is -4.67. The second-order valence-electron chi connectivity index (χ2n) is 7.78. The number of halogens is 1. The Kier molecular flexibility index (Phi) is 4.72. The minimum atomic E-state index is -0.402. The molecule has 0 bridgehead atoms. The molecule has 6 rings (SSSR count). The normalized spacial score (nSPS) is 16.0. The molecule has 170 valence electrons. The lowest BCUT2D eigenvalue weighted by Crippen LogP contribution is -2.34. The van der Waals surface area contributed by atoms with Crippen LogP contribution in [0, 0.1) is 5.82 Å². The molecule has 0 amide bonds. The Bertz CT molecular complexity index is 1420. The molecule has 34 heavy (non-hydrogen) atoms. The van der Waals surface area contributed by atoms with Gasteiger partial charge in [0.05, 0.1) is 17.6 Å². The number of para-hydroxylation sites is 1. The van der Waals surface area contributed by atoms with Gasteiger partial charge in [0.2, 0.25) is 5.95 Å². The first-order valence-corrected chi connectivity index (χ1v) is 10.6. The fourth-order valence-electron chi connectivity index (χ4n) is 3.92. The van der Waals surface area contributed by atoms with Gasteiger partial charge in [-0.15, -0.1) is 0 Å². The van der Waals surface area contributed by atoms with Crippen molar-refractivity contribution < 1.29 is 9.13 Å². The van der Waals surface area contributed by atoms with E-state index in [4.69, 9.17) is 4.74 Å². The number of hydrazone groups is 1. The summed E-state index contributed by atoms with van der Waals surface area (Å²) in [6, 6.07) is 12.1. The number of rotatable bonds is 6. The van der Waals surface area contributed by atoms with E-state index in [1.54, 1.807) is 35.3 Å². The molecule has 4 aromatic rings. The molecule has 2 N–H and O–H groups in total. The van der Waals surface area contributed by atoms with Crippen LogP contribution in [0.1, 0.15) is 11.9 Å². The average Bonchev–Trinajstić information content (AvgIpc) is 3.57. The standard InChI is InChI=1S/C23H20FN9O/c1-31-20(7-9-26-31)28-23-25-8-6-17(27-23)15-12-18-22-30-29-21(33(22)11-10-32(18)13-15)14-34-19-5-3-2-4-16(19)24/h2-13,22,30H,14H2,1H3,(H,25,27,28). The van der Waals surface area contributed by atoms with Gasteiger partial charge in [0.25, 0.3) is 0 Å². The summed E-state index contributed by atoms with van der Waals surface area (Å²) in [4.78, 5) is 10.9. The van der Waals surface area contributed by atoms with Crippen molar-refractivity contribution in [2.45, 2.75) is 6.17 Å². The average molecular weight is 457 g/mol. The molecule has 5 heterocycles. The van der Waals surface area contributed by atoms with E-state index < -0.39 is 5.82 Å². The smallest absolute Gasteiger partial charge is 0.228 e. The highest BCUT2D eigenvalue weighted by atomic mass is 19.1. The van der Waals surface area contributed by atoms with Crippen LogP contribution in [0.15, 0.2) is 72.4 Å². The largest absolute Gasteiger partial charge is 0.483 e. The summed E-state index contributed by atoms with van der Waals surface area (Å²) in [5, 5.41) is 11.7. The molecule has 2 aliphatic rings. The molecular formula is C23H20FN9O. The van der Waals surface area contributed by atoms with E-state index in [-0.39, 0.29) is 18.5 Å². The number of amidine groups is 1. The van der Waals surface area contributed by atoms with Crippen LogP contribution >= 0.6 is 0 Å². The third-order valence-corrected chi connectivity index (χ3v) is 5.65. The predicted octanol–water partition coefficient (Wildman–Crippen LogP) is 3.30. The Morgan fingerprint density at radius 2 is 2.06 bits per heavy atom. The fraction of sp³-hybridized carbons (Fsp3) is 0.130. The van der Waals surface area contributed by atoms with Gasteiger partial charge in [0.15, 0.2) is 23.6 Å². The number of hydrogen-bond donors (Lipinski definition) is 2. The van der Waals surface area contributed by atoms with Crippen molar-refractivity contribution in [1.82, 2.24) is 34.6 Å². The van der Waals surface area contributed by atoms with E-state index in [2.05, 4.69) is 37.0 Å². The molecule has 2 aliphatic heterocycles. The third kappa shape index (κ3) is 3.52. The van der Waals surface area contributed by atoms with Crippen LogP contribution in [0.5, 0.6) is 5.75 Å². The van der Waals surface area contributed by atoms with Crippen molar-refractivity contribution in [3.05, 3.63) is 78.8 Å². The van der Waals surface area contributed by atoms with Crippen molar-refractivity contribution in [3.8, 4) is 17.0 Å². The van der Waals surface area contributed by atoms with E-state index in [1.807, 2.05) is 47.2 Å². The minimum absolute atomic E-state index is 0.136. The summed E-state index contributed by atoms with van der Waals surface area (Å²) < 4.78 is 23.3. The summed E-state index contributed by atoms with van der Waals surface area (Å²) >= 11 is 0. The van der Waals surface area contributed by atoms with Gasteiger partial charge in [0, 0.05) is 43.5 Å². The molecule has 0 radical (unpaired) electrons. The second kappa shape index (κ2) is 8.03. The van der Waals surface area contributed by atoms with Crippen LogP contribution in [0.2, 0.25) is 0 Å². The van der Waals surface area contributed by atoms with Crippen LogP contribution in [-0.4, -0.2) is 41.7 Å². The van der Waals surface area contributed by atoms with Crippen molar-refractivity contribution in [2.24, 2.45) is 12.1 Å². The van der Waals surface area contributed by atoms with Gasteiger partial charge < -0.3 is 19.5 Å². The molecule has 0 spiro atoms. The maximum atomic E-state index is 13.9. The summed E-state index contributed by atoms with van der Waals surface area (Å²) in [6.45, 7) is 0.136. The molecule has 3 aromatic heterocycles. The maximum Gasteiger partial charge on any atom is 0.228 e. The van der Waals surface area contributed by atoms with Gasteiger partial charge in [-0.3, -0.25) is 10.1 Å². The molecule has 0 aliphatic carbocycles. The number of hydrogen-bond acceptors (Lipinski definition) is 8. The van der Waals surface area contributed by atoms with Gasteiger partial charge in [-0.2, -0.15) is 10.2 Å². The van der Waals surface area contributed by atoms with E-state index in [9.17, 15) is 4.39 Å². The molecule has 1 aromatic carbocycles. The first-order valence-electron chi connectivity index (χ1n) is 10.6. The highest BCUT2D eigenvalue weighted by Crippen LogP contribution is 2.32. The SMILES string of the molecule is Cn1nccc1Nc1nccc(-c2cc3n(c2)C=CN2C(COc4ccccc4F)=NNC32)n1. The number of benzene rings is 1. The number of nitrogens with zero attached hydrogens (tertiary/aromatic N) is 7. The Morgan fingerprint density at radius 1 is 1.15 bits per heavy atom. The lowest BCUT2D eigenvalue weighted by Gasteiger charge is -2.27. The molecule has 1 unspecified atom stereocenters. The van der Waals surface area contributed by atoms with Gasteiger partial charge in [0.1, 0.15) is 12.4 Å². The number of fused-ring (bicyclic) bond motifs is 3. The topological polar surface area (TPSA) is 97.4 Å². The molecule has 1 atom stereocenters. The first kappa shape index (κ1) is 20.0. The Balaban J connectivity index is 1.20. The first-order chi connectivity index (χ1) is 16.7. The van der Waals surface area contributed by atoms with Crippen LogP contribution < -0.4 is 15.5 Å². The number of ether oxygens (including phenoxy) is 1. The molecular weight excluding hydrogens is 437 g/mol. The molecule has 0 fully saturated rings. The summed E-state index contributed by atoms with van der Waals surface area (Å²) in [5.41, 5.74) is 5.85. The van der Waals surface area contributed by atoms with E-state index >= 15 is 0 Å². The maximum absolute atomic E-state index is 13.9. The lowest BCUT2D eigenvalue weighted by molar-refractivity contribution is 0.321. The van der Waals surface area contributed by atoms with Gasteiger partial charge in [-0.1, -0.05) is 12.1 Å². The molecule has 10 nitrogen and oxygen atoms in total. The van der Waals surface area contributed by atoms with Crippen molar-refractivity contribution >= 4 is 23.8 Å². The van der Waals surface area contributed by atoms with Crippen molar-refractivity contribution in [3.63, 3.8) is 0 Å². The van der Waals surface area contributed by atoms with Crippen LogP contribution in [-0.2, 0) is 7.05 Å². The summed E-state index contributed by atoms with van der Waals surface area (Å²) in [6.07, 6.45) is 9.09. The fourth-order valence-corrected chi connectivity index (χ4v) is 3.92. The molecule has 11 heteroatoms. The van der Waals surface area contributed by atoms with Crippen LogP contribution in [0.4, 0.5) is 16.2 Å². The van der Waals surface area contributed by atoms with Crippen LogP contribution in [0.25, 0.3) is 17.5 Å². The Morgan fingerprint density at radius 3 is 2.91 bits per heavy atom. The zero-order valence-corrected chi connectivity index (χ0v) is 18.1. The number of aryl methyl sites for hydroxylation is 1. The highest BCUT2D eigenvalue weighted by molar-refractivity contribution is 5.87. The minimum Gasteiger partial charge on any atom is -0.483 e. The second-order valence-corrected chi connectivity index (χ2v) is 7.78. The van der Waals surface area contributed by atoms with E-state index in [0.29, 0.717) is 11.8 Å². The highest BCUT2D eigenvalue weighted by Gasteiger charge is 2.32. The van der Waals surface area contributed by atoms with E-state index in [0.717, 1.165) is 22.8 Å². The number of anilines is 2. The van der Waals surface area contributed by atoms with E-state index in [1.165, 1.54) is 6.07 Å². The predicted molar refractivity (Wildman–Crippen MR) is 124 cm³/mol. The summed E-state index contributed by atoms with van der Waals surface area (Å²) in [7, 11) is 1.85. The lowest BCUT2D eigenvalue weighted by atomic mass is 10.2. The van der Waals surface area contributed by atoms with Gasteiger partial charge in [-0.05, 0) is 24.3 Å². The quantitative estimate of drug-likeness (QED) is 0.459. The number of aromatic nitrogens is 5.